The van der Waals surface area contributed by atoms with Gasteiger partial charge in [0.2, 0.25) is 0 Å². The van der Waals surface area contributed by atoms with Crippen molar-refractivity contribution in [1.29, 1.82) is 0 Å². The smallest absolute Gasteiger partial charge is 0.335 e. The molecule has 0 fully saturated rings. The number of anilines is 1. The fourth-order valence-corrected chi connectivity index (χ4v) is 3.74. The third kappa shape index (κ3) is 6.77. The van der Waals surface area contributed by atoms with Gasteiger partial charge >= 0.3 is 5.97 Å². The minimum absolute atomic E-state index is 0.0989. The third-order valence-electron chi connectivity index (χ3n) is 5.48. The van der Waals surface area contributed by atoms with Crippen LogP contribution in [0, 0.1) is 0 Å². The quantitative estimate of drug-likeness (QED) is 0.423. The Bertz CT molecular complexity index is 830. The van der Waals surface area contributed by atoms with E-state index in [4.69, 9.17) is 11.6 Å². The summed E-state index contributed by atoms with van der Waals surface area (Å²) in [7, 11) is 0. The van der Waals surface area contributed by atoms with Crippen molar-refractivity contribution in [3.05, 3.63) is 63.7 Å². The van der Waals surface area contributed by atoms with Gasteiger partial charge in [-0.1, -0.05) is 72.6 Å². The molecule has 2 aromatic rings. The Morgan fingerprint density at radius 2 is 1.80 bits per heavy atom. The van der Waals surface area contributed by atoms with Crippen LogP contribution in [0.25, 0.3) is 0 Å². The van der Waals surface area contributed by atoms with Gasteiger partial charge in [-0.05, 0) is 65.8 Å². The molecule has 0 aliphatic carbocycles. The first-order valence-electron chi connectivity index (χ1n) is 11.1. The number of hydrogen-bond acceptors (Lipinski definition) is 2. The molecular formula is C26H38ClNO2. The number of aryl methyl sites for hydroxylation is 1. The highest BCUT2D eigenvalue weighted by Crippen LogP contribution is 2.34. The van der Waals surface area contributed by atoms with E-state index < -0.39 is 5.97 Å². The molecule has 3 nitrogen and oxygen atoms in total. The maximum Gasteiger partial charge on any atom is 0.335 e. The van der Waals surface area contributed by atoms with Crippen molar-refractivity contribution in [2.75, 3.05) is 11.9 Å². The summed E-state index contributed by atoms with van der Waals surface area (Å²) in [6.07, 6.45) is 2.88. The number of benzene rings is 2. The summed E-state index contributed by atoms with van der Waals surface area (Å²) in [5.74, 6) is -0.443. The number of nitrogens with one attached hydrogen (secondary N) is 1. The average Bonchev–Trinajstić information content (AvgIpc) is 2.73. The van der Waals surface area contributed by atoms with Crippen molar-refractivity contribution < 1.29 is 9.90 Å². The lowest BCUT2D eigenvalue weighted by atomic mass is 9.78. The summed E-state index contributed by atoms with van der Waals surface area (Å²) in [6.45, 7) is 15.8. The molecule has 0 aliphatic rings. The molecule has 0 aromatic heterocycles. The van der Waals surface area contributed by atoms with Crippen molar-refractivity contribution >= 4 is 23.3 Å². The number of halogens is 1. The molecule has 0 amide bonds. The normalized spacial score (nSPS) is 12.0. The largest absolute Gasteiger partial charge is 0.478 e. The van der Waals surface area contributed by atoms with E-state index in [0.717, 1.165) is 42.1 Å². The average molecular weight is 432 g/mol. The number of carboxylic acid groups (broad SMARTS) is 1. The predicted octanol–water partition coefficient (Wildman–Crippen LogP) is 7.92. The molecule has 2 aromatic carbocycles. The van der Waals surface area contributed by atoms with Crippen LogP contribution in [-0.2, 0) is 11.8 Å². The first kappa shape index (κ1) is 26.0. The van der Waals surface area contributed by atoms with E-state index >= 15 is 0 Å². The molecule has 0 heterocycles. The Morgan fingerprint density at radius 1 is 1.13 bits per heavy atom. The summed E-state index contributed by atoms with van der Waals surface area (Å²) < 4.78 is 0. The minimum Gasteiger partial charge on any atom is -0.478 e. The maximum atomic E-state index is 11.3. The maximum absolute atomic E-state index is 11.3. The molecule has 1 unspecified atom stereocenters. The zero-order chi connectivity index (χ0) is 22.9. The number of hydrogen-bond donors (Lipinski definition) is 2. The van der Waals surface area contributed by atoms with Crippen LogP contribution in [0.1, 0.15) is 94.3 Å². The SMILES string of the molecule is CC.CCCc1cc(C(=O)O)ccc1NCC(C)(C)c1ccc(Cl)cc1C(C)CC. The van der Waals surface area contributed by atoms with E-state index in [2.05, 4.69) is 52.1 Å². The summed E-state index contributed by atoms with van der Waals surface area (Å²) >= 11 is 6.27. The minimum atomic E-state index is -0.886. The van der Waals surface area contributed by atoms with Crippen LogP contribution in [0.5, 0.6) is 0 Å². The van der Waals surface area contributed by atoms with Crippen LogP contribution in [0.4, 0.5) is 5.69 Å². The molecule has 0 spiro atoms. The molecular weight excluding hydrogens is 394 g/mol. The summed E-state index contributed by atoms with van der Waals surface area (Å²) in [6, 6.07) is 11.6. The Labute approximate surface area is 187 Å². The van der Waals surface area contributed by atoms with Crippen molar-refractivity contribution in [2.45, 2.75) is 79.1 Å². The fraction of sp³-hybridized carbons (Fsp3) is 0.500. The first-order chi connectivity index (χ1) is 14.2. The first-order valence-corrected chi connectivity index (χ1v) is 11.5. The highest BCUT2D eigenvalue weighted by atomic mass is 35.5. The van der Waals surface area contributed by atoms with Gasteiger partial charge in [0.25, 0.3) is 0 Å². The molecule has 166 valence electrons. The van der Waals surface area contributed by atoms with Gasteiger partial charge < -0.3 is 10.4 Å². The van der Waals surface area contributed by atoms with Gasteiger partial charge in [-0.15, -0.1) is 0 Å². The van der Waals surface area contributed by atoms with Crippen LogP contribution < -0.4 is 5.32 Å². The molecule has 0 radical (unpaired) electrons. The standard InChI is InChI=1S/C24H32ClNO2.C2H6/c1-6-8-17-13-18(23(27)28)9-12-22(17)26-15-24(4,5)21-11-10-19(25)14-20(21)16(3)7-2;1-2/h9-14,16,26H,6-8,15H2,1-5H3,(H,27,28);1-2H3. The molecule has 0 aliphatic heterocycles. The second-order valence-electron chi connectivity index (χ2n) is 8.21. The van der Waals surface area contributed by atoms with Gasteiger partial charge in [-0.2, -0.15) is 0 Å². The van der Waals surface area contributed by atoms with Crippen molar-refractivity contribution in [3.8, 4) is 0 Å². The second-order valence-corrected chi connectivity index (χ2v) is 8.64. The molecule has 2 rings (SSSR count). The number of rotatable bonds is 9. The topological polar surface area (TPSA) is 49.3 Å². The summed E-state index contributed by atoms with van der Waals surface area (Å²) in [5, 5.41) is 13.6. The van der Waals surface area contributed by atoms with Crippen LogP contribution >= 0.6 is 11.6 Å². The van der Waals surface area contributed by atoms with Gasteiger partial charge in [-0.25, -0.2) is 4.79 Å². The van der Waals surface area contributed by atoms with Crippen molar-refractivity contribution in [1.82, 2.24) is 0 Å². The molecule has 4 heteroatoms. The van der Waals surface area contributed by atoms with Crippen LogP contribution in [0.15, 0.2) is 36.4 Å². The second kappa shape index (κ2) is 12.0. The Kier molecular flexibility index (Phi) is 10.4. The summed E-state index contributed by atoms with van der Waals surface area (Å²) in [5.41, 5.74) is 4.91. The monoisotopic (exact) mass is 431 g/mol. The van der Waals surface area contributed by atoms with Gasteiger partial charge in [0.05, 0.1) is 5.56 Å². The number of aromatic carboxylic acids is 1. The Hall–Kier alpha value is -2.00. The number of carboxylic acids is 1. The molecule has 30 heavy (non-hydrogen) atoms. The number of carbonyl (C=O) groups is 1. The fourth-order valence-electron chi connectivity index (χ4n) is 3.56. The predicted molar refractivity (Wildman–Crippen MR) is 130 cm³/mol. The highest BCUT2D eigenvalue weighted by molar-refractivity contribution is 6.30. The van der Waals surface area contributed by atoms with E-state index in [1.165, 1.54) is 11.1 Å². The van der Waals surface area contributed by atoms with Crippen molar-refractivity contribution in [2.24, 2.45) is 0 Å². The summed E-state index contributed by atoms with van der Waals surface area (Å²) in [4.78, 5) is 11.3. The highest BCUT2D eigenvalue weighted by Gasteiger charge is 2.25. The van der Waals surface area contributed by atoms with E-state index in [0.29, 0.717) is 11.5 Å². The van der Waals surface area contributed by atoms with Crippen molar-refractivity contribution in [3.63, 3.8) is 0 Å². The van der Waals surface area contributed by atoms with Gasteiger partial charge in [0.1, 0.15) is 0 Å². The van der Waals surface area contributed by atoms with Gasteiger partial charge in [0.15, 0.2) is 0 Å². The van der Waals surface area contributed by atoms with E-state index in [9.17, 15) is 9.90 Å². The molecule has 0 saturated heterocycles. The lowest BCUT2D eigenvalue weighted by Crippen LogP contribution is -2.29. The van der Waals surface area contributed by atoms with Crippen LogP contribution in [0.3, 0.4) is 0 Å². The Balaban J connectivity index is 0.00000218. The molecule has 0 bridgehead atoms. The van der Waals surface area contributed by atoms with Gasteiger partial charge in [-0.3, -0.25) is 0 Å². The van der Waals surface area contributed by atoms with E-state index in [-0.39, 0.29) is 5.41 Å². The lowest BCUT2D eigenvalue weighted by molar-refractivity contribution is 0.0697. The van der Waals surface area contributed by atoms with Crippen LogP contribution in [0.2, 0.25) is 5.02 Å². The Morgan fingerprint density at radius 3 is 2.37 bits per heavy atom. The molecule has 0 saturated carbocycles. The van der Waals surface area contributed by atoms with E-state index in [1.54, 1.807) is 12.1 Å². The lowest BCUT2D eigenvalue weighted by Gasteiger charge is -2.31. The van der Waals surface area contributed by atoms with Gasteiger partial charge in [0, 0.05) is 22.7 Å². The zero-order valence-corrected chi connectivity index (χ0v) is 20.4. The van der Waals surface area contributed by atoms with E-state index in [1.807, 2.05) is 26.0 Å². The zero-order valence-electron chi connectivity index (χ0n) is 19.6. The molecule has 2 N–H and O–H groups in total. The molecule has 1 atom stereocenters. The third-order valence-corrected chi connectivity index (χ3v) is 5.71. The van der Waals surface area contributed by atoms with Crippen LogP contribution in [-0.4, -0.2) is 17.6 Å².